The Balaban J connectivity index is 1.52. The lowest BCUT2D eigenvalue weighted by Crippen LogP contribution is -2.37. The van der Waals surface area contributed by atoms with Crippen molar-refractivity contribution in [3.63, 3.8) is 0 Å². The van der Waals surface area contributed by atoms with Gasteiger partial charge in [0.1, 0.15) is 11.8 Å². The van der Waals surface area contributed by atoms with Gasteiger partial charge in [-0.1, -0.05) is 22.0 Å². The second-order valence-corrected chi connectivity index (χ2v) is 6.11. The average Bonchev–Trinajstić information content (AvgIpc) is 2.88. The van der Waals surface area contributed by atoms with Gasteiger partial charge >= 0.3 is 5.97 Å². The Labute approximate surface area is 138 Å². The van der Waals surface area contributed by atoms with E-state index in [0.29, 0.717) is 26.1 Å². The van der Waals surface area contributed by atoms with Gasteiger partial charge in [0, 0.05) is 17.3 Å². The first kappa shape index (κ1) is 16.8. The summed E-state index contributed by atoms with van der Waals surface area (Å²) < 4.78 is 11.4. The monoisotopic (exact) mass is 369 g/mol. The van der Waals surface area contributed by atoms with Crippen LogP contribution in [0.4, 0.5) is 0 Å². The number of benzene rings is 1. The van der Waals surface area contributed by atoms with E-state index in [0.717, 1.165) is 29.5 Å². The first-order valence-corrected chi connectivity index (χ1v) is 8.29. The zero-order valence-electron chi connectivity index (χ0n) is 12.3. The Morgan fingerprint density at radius 3 is 2.95 bits per heavy atom. The van der Waals surface area contributed by atoms with Crippen molar-refractivity contribution in [3.8, 4) is 5.75 Å². The summed E-state index contributed by atoms with van der Waals surface area (Å²) in [5.74, 6) is 0.430. The number of cyclic esters (lactones) is 1. The normalized spacial score (nSPS) is 17.1. The summed E-state index contributed by atoms with van der Waals surface area (Å²) in [5.41, 5.74) is 0. The van der Waals surface area contributed by atoms with E-state index in [2.05, 4.69) is 21.2 Å². The molecule has 1 N–H and O–H groups in total. The zero-order valence-corrected chi connectivity index (χ0v) is 13.9. The van der Waals surface area contributed by atoms with Crippen LogP contribution in [-0.2, 0) is 14.3 Å². The molecule has 1 saturated heterocycles. The van der Waals surface area contributed by atoms with E-state index >= 15 is 0 Å². The SMILES string of the molecule is O=C(CCCCCOc1cccc(Br)c1)N[C@H]1CCOC1=O. The average molecular weight is 370 g/mol. The first-order chi connectivity index (χ1) is 10.6. The molecule has 2 rings (SSSR count). The van der Waals surface area contributed by atoms with Gasteiger partial charge in [-0.3, -0.25) is 4.79 Å². The quantitative estimate of drug-likeness (QED) is 0.565. The topological polar surface area (TPSA) is 64.6 Å². The minimum absolute atomic E-state index is 0.0863. The Hall–Kier alpha value is -1.56. The molecule has 1 aliphatic rings. The standard InChI is InChI=1S/C16H20BrNO4/c17-12-5-4-6-13(11-12)21-9-3-1-2-7-15(19)18-14-8-10-22-16(14)20/h4-6,11,14H,1-3,7-10H2,(H,18,19)/t14-/m0/s1. The van der Waals surface area contributed by atoms with Crippen molar-refractivity contribution in [2.24, 2.45) is 0 Å². The van der Waals surface area contributed by atoms with Gasteiger partial charge in [0.05, 0.1) is 13.2 Å². The Morgan fingerprint density at radius 1 is 1.36 bits per heavy atom. The number of hydrogen-bond acceptors (Lipinski definition) is 4. The number of esters is 1. The van der Waals surface area contributed by atoms with E-state index in [9.17, 15) is 9.59 Å². The molecule has 6 heteroatoms. The summed E-state index contributed by atoms with van der Waals surface area (Å²) in [6.07, 6.45) is 3.60. The molecule has 1 aromatic carbocycles. The molecular formula is C16H20BrNO4. The number of ether oxygens (including phenoxy) is 2. The van der Waals surface area contributed by atoms with Gasteiger partial charge in [-0.2, -0.15) is 0 Å². The molecule has 1 heterocycles. The molecule has 0 aromatic heterocycles. The molecule has 0 spiro atoms. The lowest BCUT2D eigenvalue weighted by molar-refractivity contribution is -0.141. The minimum atomic E-state index is -0.452. The van der Waals surface area contributed by atoms with Gasteiger partial charge in [-0.15, -0.1) is 0 Å². The van der Waals surface area contributed by atoms with Crippen LogP contribution in [0.2, 0.25) is 0 Å². The molecule has 120 valence electrons. The van der Waals surface area contributed by atoms with Crippen LogP contribution in [0.25, 0.3) is 0 Å². The molecule has 5 nitrogen and oxygen atoms in total. The van der Waals surface area contributed by atoms with Crippen molar-refractivity contribution in [1.29, 1.82) is 0 Å². The Morgan fingerprint density at radius 2 is 2.23 bits per heavy atom. The summed E-state index contributed by atoms with van der Waals surface area (Å²) in [5, 5.41) is 2.70. The lowest BCUT2D eigenvalue weighted by Gasteiger charge is -2.09. The maximum absolute atomic E-state index is 11.7. The van der Waals surface area contributed by atoms with Crippen LogP contribution in [-0.4, -0.2) is 31.1 Å². The third-order valence-electron chi connectivity index (χ3n) is 3.38. The van der Waals surface area contributed by atoms with Gasteiger partial charge in [-0.25, -0.2) is 4.79 Å². The minimum Gasteiger partial charge on any atom is -0.494 e. The van der Waals surface area contributed by atoms with Crippen LogP contribution in [0, 0.1) is 0 Å². The molecule has 0 bridgehead atoms. The third kappa shape index (κ3) is 5.67. The highest BCUT2D eigenvalue weighted by molar-refractivity contribution is 9.10. The number of rotatable bonds is 8. The third-order valence-corrected chi connectivity index (χ3v) is 3.88. The van der Waals surface area contributed by atoms with Gasteiger partial charge in [-0.05, 0) is 37.5 Å². The molecule has 22 heavy (non-hydrogen) atoms. The number of carbonyl (C=O) groups is 2. The van der Waals surface area contributed by atoms with E-state index in [1.165, 1.54) is 0 Å². The number of nitrogens with one attached hydrogen (secondary N) is 1. The second-order valence-electron chi connectivity index (χ2n) is 5.19. The summed E-state index contributed by atoms with van der Waals surface area (Å²) in [7, 11) is 0. The van der Waals surface area contributed by atoms with Crippen molar-refractivity contribution >= 4 is 27.8 Å². The number of halogens is 1. The molecular weight excluding hydrogens is 350 g/mol. The number of carbonyl (C=O) groups excluding carboxylic acids is 2. The van der Waals surface area contributed by atoms with Gasteiger partial charge < -0.3 is 14.8 Å². The first-order valence-electron chi connectivity index (χ1n) is 7.49. The summed E-state index contributed by atoms with van der Waals surface area (Å²) in [6, 6.07) is 7.27. The highest BCUT2D eigenvalue weighted by Crippen LogP contribution is 2.18. The fourth-order valence-electron chi connectivity index (χ4n) is 2.20. The Kier molecular flexibility index (Phi) is 6.71. The van der Waals surface area contributed by atoms with E-state index in [1.807, 2.05) is 24.3 Å². The number of hydrogen-bond donors (Lipinski definition) is 1. The largest absolute Gasteiger partial charge is 0.494 e. The van der Waals surface area contributed by atoms with Crippen LogP contribution in [0.5, 0.6) is 5.75 Å². The van der Waals surface area contributed by atoms with Crippen LogP contribution in [0.15, 0.2) is 28.7 Å². The van der Waals surface area contributed by atoms with E-state index in [1.54, 1.807) is 0 Å². The van der Waals surface area contributed by atoms with Crippen LogP contribution in [0.3, 0.4) is 0 Å². The highest BCUT2D eigenvalue weighted by Gasteiger charge is 2.27. The number of unbranched alkanes of at least 4 members (excludes halogenated alkanes) is 2. The van der Waals surface area contributed by atoms with Gasteiger partial charge in [0.15, 0.2) is 0 Å². The number of amides is 1. The molecule has 0 saturated carbocycles. The van der Waals surface area contributed by atoms with E-state index < -0.39 is 6.04 Å². The smallest absolute Gasteiger partial charge is 0.328 e. The summed E-state index contributed by atoms with van der Waals surface area (Å²) in [4.78, 5) is 22.9. The fourth-order valence-corrected chi connectivity index (χ4v) is 2.58. The maximum atomic E-state index is 11.7. The molecule has 0 unspecified atom stereocenters. The summed E-state index contributed by atoms with van der Waals surface area (Å²) in [6.45, 7) is 1.03. The van der Waals surface area contributed by atoms with Crippen LogP contribution < -0.4 is 10.1 Å². The lowest BCUT2D eigenvalue weighted by atomic mass is 10.1. The van der Waals surface area contributed by atoms with Gasteiger partial charge in [0.2, 0.25) is 5.91 Å². The maximum Gasteiger partial charge on any atom is 0.328 e. The van der Waals surface area contributed by atoms with Crippen molar-refractivity contribution in [3.05, 3.63) is 28.7 Å². The van der Waals surface area contributed by atoms with E-state index in [4.69, 9.17) is 9.47 Å². The second kappa shape index (κ2) is 8.78. The van der Waals surface area contributed by atoms with Crippen molar-refractivity contribution in [2.75, 3.05) is 13.2 Å². The molecule has 1 aromatic rings. The summed E-state index contributed by atoms with van der Waals surface area (Å²) >= 11 is 3.39. The van der Waals surface area contributed by atoms with Crippen molar-refractivity contribution in [1.82, 2.24) is 5.32 Å². The highest BCUT2D eigenvalue weighted by atomic mass is 79.9. The zero-order chi connectivity index (χ0) is 15.8. The molecule has 0 radical (unpaired) electrons. The Bertz CT molecular complexity index is 521. The molecule has 0 aliphatic carbocycles. The molecule has 1 atom stereocenters. The molecule has 1 fully saturated rings. The predicted molar refractivity (Wildman–Crippen MR) is 85.6 cm³/mol. The fraction of sp³-hybridized carbons (Fsp3) is 0.500. The molecule has 1 amide bonds. The van der Waals surface area contributed by atoms with Crippen LogP contribution in [0.1, 0.15) is 32.1 Å². The van der Waals surface area contributed by atoms with Crippen LogP contribution >= 0.6 is 15.9 Å². The van der Waals surface area contributed by atoms with Crippen molar-refractivity contribution < 1.29 is 19.1 Å². The van der Waals surface area contributed by atoms with Crippen molar-refractivity contribution in [2.45, 2.75) is 38.1 Å². The molecule has 1 aliphatic heterocycles. The predicted octanol–water partition coefficient (Wildman–Crippen LogP) is 2.82. The van der Waals surface area contributed by atoms with E-state index in [-0.39, 0.29) is 11.9 Å². The van der Waals surface area contributed by atoms with Gasteiger partial charge in [0.25, 0.3) is 0 Å².